The van der Waals surface area contributed by atoms with Crippen molar-refractivity contribution in [3.05, 3.63) is 14.2 Å². The van der Waals surface area contributed by atoms with Gasteiger partial charge in [-0.2, -0.15) is 0 Å². The van der Waals surface area contributed by atoms with Crippen molar-refractivity contribution < 1.29 is 32.6 Å². The van der Waals surface area contributed by atoms with Crippen LogP contribution in [-0.2, 0) is 20.6 Å². The number of amides is 1. The second kappa shape index (κ2) is 8.39. The molecule has 178 valence electrons. The summed E-state index contributed by atoms with van der Waals surface area (Å²) in [5, 5.41) is 2.91. The van der Waals surface area contributed by atoms with Gasteiger partial charge < -0.3 is 24.4 Å². The highest BCUT2D eigenvalue weighted by Gasteiger charge is 2.58. The van der Waals surface area contributed by atoms with Gasteiger partial charge >= 0.3 is 12.1 Å². The number of alkyl carbamates (subject to hydrolysis) is 1. The van der Waals surface area contributed by atoms with Crippen molar-refractivity contribution in [3.8, 4) is 0 Å². The molecule has 0 radical (unpaired) electrons. The van der Waals surface area contributed by atoms with E-state index >= 15 is 0 Å². The van der Waals surface area contributed by atoms with E-state index in [2.05, 4.69) is 21.2 Å². The summed E-state index contributed by atoms with van der Waals surface area (Å²) in [6, 6.07) is -0.422. The molecule has 1 saturated carbocycles. The van der Waals surface area contributed by atoms with Crippen molar-refractivity contribution in [2.75, 3.05) is 38.3 Å². The lowest BCUT2D eigenvalue weighted by Gasteiger charge is -2.37. The Morgan fingerprint density at radius 3 is 2.59 bits per heavy atom. The van der Waals surface area contributed by atoms with Crippen molar-refractivity contribution in [1.29, 1.82) is 0 Å². The standard InChI is InChI=1S/C21H27BrF2N2O5S/c1-20(2,3)31-19(28)25-13(14-11-7-30-8-12(11)14)6-26-9-21(23,24)5-10-15(26)16(18(27)29-4)32-17(10)22/h11-14H,5-9H2,1-4H3,(H,25,28)/t11-,12+,13?,14-. The largest absolute Gasteiger partial charge is 0.465 e. The van der Waals surface area contributed by atoms with E-state index in [1.54, 1.807) is 20.8 Å². The van der Waals surface area contributed by atoms with Crippen molar-refractivity contribution >= 4 is 45.0 Å². The molecule has 1 aromatic rings. The first-order chi connectivity index (χ1) is 14.9. The minimum Gasteiger partial charge on any atom is -0.465 e. The second-order valence-electron chi connectivity index (χ2n) is 9.63. The summed E-state index contributed by atoms with van der Waals surface area (Å²) in [4.78, 5) is 26.7. The van der Waals surface area contributed by atoms with Crippen LogP contribution in [0.25, 0.3) is 0 Å². The maximum Gasteiger partial charge on any atom is 0.407 e. The Kier molecular flexibility index (Phi) is 6.21. The third kappa shape index (κ3) is 4.75. The summed E-state index contributed by atoms with van der Waals surface area (Å²) in [6.45, 7) is 6.09. The van der Waals surface area contributed by atoms with Crippen LogP contribution in [0.3, 0.4) is 0 Å². The molecule has 3 aliphatic rings. The fourth-order valence-corrected chi connectivity index (χ4v) is 6.62. The van der Waals surface area contributed by atoms with Crippen LogP contribution in [0, 0.1) is 17.8 Å². The lowest BCUT2D eigenvalue weighted by atomic mass is 9.99. The molecule has 1 N–H and O–H groups in total. The van der Waals surface area contributed by atoms with Crippen molar-refractivity contribution in [3.63, 3.8) is 0 Å². The van der Waals surface area contributed by atoms with Crippen LogP contribution >= 0.6 is 27.3 Å². The molecule has 1 amide bonds. The van der Waals surface area contributed by atoms with E-state index in [0.29, 0.717) is 28.3 Å². The van der Waals surface area contributed by atoms with Gasteiger partial charge in [-0.3, -0.25) is 0 Å². The van der Waals surface area contributed by atoms with E-state index in [-0.39, 0.29) is 29.2 Å². The van der Waals surface area contributed by atoms with E-state index in [9.17, 15) is 18.4 Å². The van der Waals surface area contributed by atoms with Gasteiger partial charge in [0.1, 0.15) is 10.5 Å². The van der Waals surface area contributed by atoms with Crippen LogP contribution < -0.4 is 10.2 Å². The minimum atomic E-state index is -2.97. The monoisotopic (exact) mass is 536 g/mol. The summed E-state index contributed by atoms with van der Waals surface area (Å²) in [6.07, 6.45) is -1.04. The zero-order valence-electron chi connectivity index (χ0n) is 18.4. The van der Waals surface area contributed by atoms with Crippen molar-refractivity contribution in [2.45, 2.75) is 44.8 Å². The molecule has 4 atom stereocenters. The average Bonchev–Trinajstić information content (AvgIpc) is 2.97. The zero-order valence-corrected chi connectivity index (χ0v) is 20.8. The topological polar surface area (TPSA) is 77.1 Å². The van der Waals surface area contributed by atoms with Gasteiger partial charge in [0.25, 0.3) is 5.92 Å². The average molecular weight is 537 g/mol. The zero-order chi connectivity index (χ0) is 23.4. The van der Waals surface area contributed by atoms with Crippen LogP contribution in [0.4, 0.5) is 19.3 Å². The lowest BCUT2D eigenvalue weighted by Crippen LogP contribution is -2.52. The molecule has 2 aliphatic heterocycles. The Bertz CT molecular complexity index is 909. The molecule has 0 spiro atoms. The normalized spacial score (nSPS) is 26.7. The van der Waals surface area contributed by atoms with E-state index in [1.165, 1.54) is 12.0 Å². The number of nitrogens with one attached hydrogen (secondary N) is 1. The molecule has 1 aliphatic carbocycles. The van der Waals surface area contributed by atoms with Gasteiger partial charge in [0.05, 0.1) is 42.4 Å². The number of carbonyl (C=O) groups excluding carboxylic acids is 2. The van der Waals surface area contributed by atoms with Crippen LogP contribution in [-0.4, -0.2) is 63.0 Å². The van der Waals surface area contributed by atoms with Crippen LogP contribution in [0.5, 0.6) is 0 Å². The van der Waals surface area contributed by atoms with E-state index in [4.69, 9.17) is 14.2 Å². The Morgan fingerprint density at radius 1 is 1.34 bits per heavy atom. The quantitative estimate of drug-likeness (QED) is 0.571. The number of carbonyl (C=O) groups is 2. The summed E-state index contributed by atoms with van der Waals surface area (Å²) in [5.74, 6) is -2.86. The van der Waals surface area contributed by atoms with Crippen LogP contribution in [0.15, 0.2) is 3.79 Å². The predicted molar refractivity (Wildman–Crippen MR) is 119 cm³/mol. The highest BCUT2D eigenvalue weighted by molar-refractivity contribution is 9.11. The first-order valence-electron chi connectivity index (χ1n) is 10.5. The first-order valence-corrected chi connectivity index (χ1v) is 12.1. The van der Waals surface area contributed by atoms with E-state index in [0.717, 1.165) is 11.3 Å². The molecule has 11 heteroatoms. The minimum absolute atomic E-state index is 0.110. The number of hydrogen-bond acceptors (Lipinski definition) is 7. The number of esters is 1. The van der Waals surface area contributed by atoms with E-state index < -0.39 is 42.6 Å². The van der Waals surface area contributed by atoms with Gasteiger partial charge in [0.2, 0.25) is 0 Å². The number of fused-ring (bicyclic) bond motifs is 2. The molecule has 1 saturated heterocycles. The Labute approximate surface area is 197 Å². The molecule has 32 heavy (non-hydrogen) atoms. The van der Waals surface area contributed by atoms with Gasteiger partial charge in [-0.05, 0) is 54.5 Å². The van der Waals surface area contributed by atoms with Crippen molar-refractivity contribution in [2.24, 2.45) is 17.8 Å². The lowest BCUT2D eigenvalue weighted by molar-refractivity contribution is 0.00445. The Balaban J connectivity index is 1.63. The third-order valence-corrected chi connectivity index (χ3v) is 8.03. The van der Waals surface area contributed by atoms with Gasteiger partial charge in [-0.15, -0.1) is 11.3 Å². The third-order valence-electron chi connectivity index (χ3n) is 6.08. The number of hydrogen-bond donors (Lipinski definition) is 1. The summed E-state index contributed by atoms with van der Waals surface area (Å²) in [7, 11) is 1.27. The van der Waals surface area contributed by atoms with Gasteiger partial charge in [-0.25, -0.2) is 18.4 Å². The fourth-order valence-electron chi connectivity index (χ4n) is 4.82. The molecular weight excluding hydrogens is 510 g/mol. The maximum atomic E-state index is 14.7. The number of anilines is 1. The number of thiophene rings is 1. The highest BCUT2D eigenvalue weighted by Crippen LogP contribution is 2.53. The summed E-state index contributed by atoms with van der Waals surface area (Å²) in [5.41, 5.74) is 0.165. The maximum absolute atomic E-state index is 14.7. The number of halogens is 3. The molecular formula is C21H27BrF2N2O5S. The first kappa shape index (κ1) is 23.7. The van der Waals surface area contributed by atoms with Gasteiger partial charge in [0, 0.05) is 18.5 Å². The number of methoxy groups -OCH3 is 1. The molecule has 7 nitrogen and oxygen atoms in total. The molecule has 0 bridgehead atoms. The molecule has 3 heterocycles. The summed E-state index contributed by atoms with van der Waals surface area (Å²) >= 11 is 4.44. The molecule has 1 aromatic heterocycles. The van der Waals surface area contributed by atoms with Crippen molar-refractivity contribution in [1.82, 2.24) is 5.32 Å². The predicted octanol–water partition coefficient (Wildman–Crippen LogP) is 4.08. The molecule has 1 unspecified atom stereocenters. The van der Waals surface area contributed by atoms with Crippen LogP contribution in [0.1, 0.15) is 36.0 Å². The number of rotatable bonds is 5. The Morgan fingerprint density at radius 2 is 2.00 bits per heavy atom. The number of alkyl halides is 2. The summed E-state index contributed by atoms with van der Waals surface area (Å²) < 4.78 is 45.6. The van der Waals surface area contributed by atoms with Gasteiger partial charge in [0.15, 0.2) is 0 Å². The molecule has 2 fully saturated rings. The fraction of sp³-hybridized carbons (Fsp3) is 0.714. The smallest absolute Gasteiger partial charge is 0.407 e. The Hall–Kier alpha value is -1.46. The number of nitrogens with zero attached hydrogens (tertiary/aromatic N) is 1. The van der Waals surface area contributed by atoms with E-state index in [1.807, 2.05) is 0 Å². The SMILES string of the molecule is COC(=O)c1sc(Br)c2c1N(CC(NC(=O)OC(C)(C)C)[C@@H]1[C@@H]3COC[C@@H]31)CC(F)(F)C2. The van der Waals surface area contributed by atoms with Gasteiger partial charge in [-0.1, -0.05) is 0 Å². The molecule has 0 aromatic carbocycles. The van der Waals surface area contributed by atoms with Crippen LogP contribution in [0.2, 0.25) is 0 Å². The highest BCUT2D eigenvalue weighted by atomic mass is 79.9. The second-order valence-corrected chi connectivity index (χ2v) is 12.0. The number of ether oxygens (including phenoxy) is 3. The molecule has 4 rings (SSSR count).